The number of ether oxygens (including phenoxy) is 1. The maximum absolute atomic E-state index is 13.4. The Balaban J connectivity index is 0.00000400. The second kappa shape index (κ2) is 12.0. The van der Waals surface area contributed by atoms with E-state index < -0.39 is 26.7 Å². The Hall–Kier alpha value is -2.70. The molecule has 4 aromatic rings. The van der Waals surface area contributed by atoms with Crippen LogP contribution in [0.3, 0.4) is 0 Å². The van der Waals surface area contributed by atoms with Crippen LogP contribution < -0.4 is 44.7 Å². The van der Waals surface area contributed by atoms with Crippen molar-refractivity contribution in [1.82, 2.24) is 0 Å². The van der Waals surface area contributed by atoms with E-state index in [0.717, 1.165) is 0 Å². The largest absolute Gasteiger partial charge is 1.00 e. The normalized spacial score (nSPS) is 11.4. The number of hydrogen-bond donors (Lipinski definition) is 2. The molecule has 4 rings (SSSR count). The number of aryl methyl sites for hydroxylation is 1. The fourth-order valence-corrected chi connectivity index (χ4v) is 4.95. The zero-order valence-corrected chi connectivity index (χ0v) is 24.6. The number of para-hydroxylation sites is 1. The summed E-state index contributed by atoms with van der Waals surface area (Å²) in [7, 11) is -3.22. The molecule has 190 valence electrons. The first-order chi connectivity index (χ1) is 17.5. The molecule has 0 saturated heterocycles. The first kappa shape index (κ1) is 29.9. The number of carbonyl (C=O) groups is 1. The Kier molecular flexibility index (Phi) is 9.43. The number of fused-ring (bicyclic) bond motifs is 1. The van der Waals surface area contributed by atoms with Crippen LogP contribution in [0.2, 0.25) is 10.0 Å². The molecule has 0 spiro atoms. The number of azo groups is 1. The van der Waals surface area contributed by atoms with Crippen LogP contribution in [-0.2, 0) is 10.1 Å². The molecule has 1 amide bonds. The summed E-state index contributed by atoms with van der Waals surface area (Å²) in [5.74, 6) is -1.18. The van der Waals surface area contributed by atoms with Gasteiger partial charge in [-0.25, -0.2) is 0 Å². The molecule has 0 saturated carbocycles. The third-order valence-corrected chi connectivity index (χ3v) is 7.06. The van der Waals surface area contributed by atoms with Gasteiger partial charge in [0.05, 0.1) is 22.8 Å². The molecule has 13 heteroatoms. The van der Waals surface area contributed by atoms with Crippen molar-refractivity contribution in [1.29, 1.82) is 0 Å². The number of nitrogens with zero attached hydrogens (tertiary/aromatic N) is 2. The second-order valence-electron chi connectivity index (χ2n) is 7.87. The summed E-state index contributed by atoms with van der Waals surface area (Å²) in [6.07, 6.45) is 0. The third kappa shape index (κ3) is 6.13. The Morgan fingerprint density at radius 1 is 1.05 bits per heavy atom. The predicted molar refractivity (Wildman–Crippen MR) is 140 cm³/mol. The smallest absolute Gasteiger partial charge is 0.870 e. The summed E-state index contributed by atoms with van der Waals surface area (Å²) in [6.45, 7) is 1.58. The molecule has 0 heterocycles. The monoisotopic (exact) mass is 581 g/mol. The van der Waals surface area contributed by atoms with Crippen LogP contribution in [0, 0.1) is 6.92 Å². The van der Waals surface area contributed by atoms with Crippen LogP contribution in [0.4, 0.5) is 17.1 Å². The van der Waals surface area contributed by atoms with Crippen LogP contribution in [0.15, 0.2) is 75.8 Å². The van der Waals surface area contributed by atoms with E-state index in [0.29, 0.717) is 22.1 Å². The van der Waals surface area contributed by atoms with Crippen molar-refractivity contribution in [3.05, 3.63) is 81.8 Å². The topological polar surface area (TPSA) is 140 Å². The van der Waals surface area contributed by atoms with Crippen molar-refractivity contribution >= 4 is 67.1 Å². The number of methoxy groups -OCH3 is 1. The molecule has 0 fully saturated rings. The molecule has 0 radical (unpaired) electrons. The van der Waals surface area contributed by atoms with E-state index in [9.17, 15) is 22.9 Å². The maximum atomic E-state index is 13.4. The van der Waals surface area contributed by atoms with Gasteiger partial charge < -0.3 is 15.2 Å². The van der Waals surface area contributed by atoms with E-state index in [1.54, 1.807) is 49.4 Å². The standard InChI is InChI=1S/C25H19Cl2N3O6S.Na/c1-13-10-18(21(27)20(11-13)37(33,34)35)29-30-22-15-7-4-3-6-14(15)12-16(24(22)31)25(32)28-23-17(26)8-5-9-19(23)36-2;/h3-12,31H,1-2H3,(H,28,32)(H,33,34,35);/q;+1/p-1. The van der Waals surface area contributed by atoms with E-state index in [1.807, 2.05) is 0 Å². The fourth-order valence-electron chi connectivity index (χ4n) is 3.64. The van der Waals surface area contributed by atoms with E-state index in [1.165, 1.54) is 25.3 Å². The summed E-state index contributed by atoms with van der Waals surface area (Å²) in [4.78, 5) is 12.6. The van der Waals surface area contributed by atoms with Gasteiger partial charge in [0.2, 0.25) is 0 Å². The number of halogens is 2. The summed E-state index contributed by atoms with van der Waals surface area (Å²) in [5, 5.41) is 24.8. The Bertz CT molecular complexity index is 1700. The zero-order valence-electron chi connectivity index (χ0n) is 20.3. The quantitative estimate of drug-likeness (QED) is 0.203. The van der Waals surface area contributed by atoms with Gasteiger partial charge in [0.25, 0.3) is 16.0 Å². The van der Waals surface area contributed by atoms with Crippen LogP contribution in [0.5, 0.6) is 11.5 Å². The van der Waals surface area contributed by atoms with E-state index in [4.69, 9.17) is 27.9 Å². The predicted octanol–water partition coefficient (Wildman–Crippen LogP) is 3.46. The summed E-state index contributed by atoms with van der Waals surface area (Å²) < 4.78 is 38.1. The second-order valence-corrected chi connectivity index (χ2v) is 10.0. The van der Waals surface area contributed by atoms with Crippen molar-refractivity contribution in [2.24, 2.45) is 10.2 Å². The fraction of sp³-hybridized carbons (Fsp3) is 0.0800. The average molecular weight is 582 g/mol. The van der Waals surface area contributed by atoms with Gasteiger partial charge in [-0.1, -0.05) is 59.3 Å². The van der Waals surface area contributed by atoms with Gasteiger partial charge in [0.15, 0.2) is 0 Å². The minimum absolute atomic E-state index is 0. The summed E-state index contributed by atoms with van der Waals surface area (Å²) in [5.41, 5.74) is 0.133. The van der Waals surface area contributed by atoms with Gasteiger partial charge in [-0.05, 0) is 48.2 Å². The van der Waals surface area contributed by atoms with E-state index >= 15 is 0 Å². The number of hydrogen-bond acceptors (Lipinski definition) is 7. The van der Waals surface area contributed by atoms with Gasteiger partial charge in [0, 0.05) is 10.9 Å². The van der Waals surface area contributed by atoms with Crippen molar-refractivity contribution in [3.63, 3.8) is 0 Å². The molecule has 0 aliphatic heterocycles. The average Bonchev–Trinajstić information content (AvgIpc) is 2.85. The van der Waals surface area contributed by atoms with Crippen molar-refractivity contribution < 1.29 is 57.2 Å². The minimum Gasteiger partial charge on any atom is -0.870 e. The first-order valence-electron chi connectivity index (χ1n) is 10.6. The van der Waals surface area contributed by atoms with Crippen LogP contribution in [0.25, 0.3) is 10.8 Å². The van der Waals surface area contributed by atoms with Crippen molar-refractivity contribution in [2.45, 2.75) is 11.8 Å². The molecule has 0 aromatic heterocycles. The summed E-state index contributed by atoms with van der Waals surface area (Å²) >= 11 is 12.4. The van der Waals surface area contributed by atoms with Gasteiger partial charge in [-0.15, -0.1) is 5.11 Å². The molecule has 0 bridgehead atoms. The van der Waals surface area contributed by atoms with E-state index in [2.05, 4.69) is 15.5 Å². The maximum Gasteiger partial charge on any atom is 1.00 e. The molecule has 2 N–H and O–H groups in total. The van der Waals surface area contributed by atoms with Crippen LogP contribution in [0.1, 0.15) is 15.9 Å². The summed E-state index contributed by atoms with van der Waals surface area (Å²) in [6, 6.07) is 15.6. The van der Waals surface area contributed by atoms with Crippen molar-refractivity contribution in [2.75, 3.05) is 12.4 Å². The molecule has 4 aromatic carbocycles. The number of benzene rings is 4. The van der Waals surface area contributed by atoms with Gasteiger partial charge in [-0.2, -0.15) is 13.5 Å². The molecule has 0 atom stereocenters. The number of anilines is 1. The van der Waals surface area contributed by atoms with Gasteiger partial charge >= 0.3 is 29.6 Å². The molecule has 0 unspecified atom stereocenters. The van der Waals surface area contributed by atoms with Gasteiger partial charge in [-0.3, -0.25) is 9.35 Å². The zero-order chi connectivity index (χ0) is 26.9. The van der Waals surface area contributed by atoms with Crippen molar-refractivity contribution in [3.8, 4) is 11.5 Å². The molecule has 0 aliphatic carbocycles. The molecular weight excluding hydrogens is 564 g/mol. The molecule has 9 nitrogen and oxygen atoms in total. The van der Waals surface area contributed by atoms with Gasteiger partial charge in [0.1, 0.15) is 22.0 Å². The minimum atomic E-state index is -4.63. The Morgan fingerprint density at radius 3 is 2.45 bits per heavy atom. The third-order valence-electron chi connectivity index (χ3n) is 5.35. The molecule has 0 aliphatic rings. The SMILES string of the molecule is COc1cccc(Cl)c1NC(=O)c1cc2ccccc2c(N=Nc2cc(C)cc(S(=O)(=O)O)c2Cl)c1[O-].[Na+]. The number of rotatable bonds is 6. The van der Waals surface area contributed by atoms with E-state index in [-0.39, 0.29) is 62.2 Å². The Morgan fingerprint density at radius 2 is 1.76 bits per heavy atom. The number of nitrogens with one attached hydrogen (secondary N) is 1. The van der Waals surface area contributed by atoms with Crippen LogP contribution in [-0.4, -0.2) is 26.0 Å². The number of amides is 1. The van der Waals surface area contributed by atoms with Crippen LogP contribution >= 0.6 is 23.2 Å². The Labute approximate surface area is 250 Å². The number of carbonyl (C=O) groups excluding carboxylic acids is 1. The first-order valence-corrected chi connectivity index (χ1v) is 12.8. The molecule has 38 heavy (non-hydrogen) atoms. The molecular formula is C25H18Cl2N3NaO6S.